The molecule has 2 heteroatoms. The summed E-state index contributed by atoms with van der Waals surface area (Å²) >= 11 is 0. The molecule has 0 N–H and O–H groups in total. The monoisotopic (exact) mass is 384 g/mol. The van der Waals surface area contributed by atoms with Crippen molar-refractivity contribution in [2.24, 2.45) is 0 Å². The van der Waals surface area contributed by atoms with Crippen molar-refractivity contribution in [3.63, 3.8) is 0 Å². The van der Waals surface area contributed by atoms with Gasteiger partial charge in [-0.25, -0.2) is 0 Å². The number of hydrogen-bond donors (Lipinski definition) is 0. The van der Waals surface area contributed by atoms with Gasteiger partial charge in [0, 0.05) is 22.5 Å². The number of nitrogens with zero attached hydrogens (tertiary/aromatic N) is 2. The largest absolute Gasteiger partial charge is 0.349 e. The van der Waals surface area contributed by atoms with E-state index in [0.29, 0.717) is 26.2 Å². The summed E-state index contributed by atoms with van der Waals surface area (Å²) in [4.78, 5) is 3.86. The molecule has 30 heavy (non-hydrogen) atoms. The Morgan fingerprint density at radius 3 is 1.27 bits per heavy atom. The second kappa shape index (κ2) is 12.0. The molecule has 0 saturated carbocycles. The van der Waals surface area contributed by atoms with E-state index in [9.17, 15) is 0 Å². The molecule has 0 saturated heterocycles. The SMILES string of the molecule is C#CCN(CC#C)c1cccc(C#CC#Cc2cccc(N(CC#C)CC#C)c2)c1. The van der Waals surface area contributed by atoms with Crippen LogP contribution >= 0.6 is 0 Å². The summed E-state index contributed by atoms with van der Waals surface area (Å²) in [6.45, 7) is 1.75. The average Bonchev–Trinajstić information content (AvgIpc) is 2.77. The van der Waals surface area contributed by atoms with Gasteiger partial charge in [0.2, 0.25) is 0 Å². The Labute approximate surface area is 180 Å². The maximum absolute atomic E-state index is 5.42. The normalized spacial score (nSPS) is 8.53. The summed E-state index contributed by atoms with van der Waals surface area (Å²) in [6.07, 6.45) is 21.7. The predicted octanol–water partition coefficient (Wildman–Crippen LogP) is 3.24. The van der Waals surface area contributed by atoms with Crippen LogP contribution in [0.25, 0.3) is 0 Å². The Morgan fingerprint density at radius 1 is 0.567 bits per heavy atom. The van der Waals surface area contributed by atoms with E-state index >= 15 is 0 Å². The van der Waals surface area contributed by atoms with Crippen LogP contribution in [-0.4, -0.2) is 26.2 Å². The molecule has 2 rings (SSSR count). The highest BCUT2D eigenvalue weighted by Gasteiger charge is 2.04. The third-order valence-corrected chi connectivity index (χ3v) is 4.03. The Balaban J connectivity index is 2.18. The van der Waals surface area contributed by atoms with E-state index in [1.807, 2.05) is 58.3 Å². The Kier molecular flexibility index (Phi) is 8.66. The van der Waals surface area contributed by atoms with Gasteiger partial charge in [0.25, 0.3) is 0 Å². The van der Waals surface area contributed by atoms with Crippen molar-refractivity contribution in [3.8, 4) is 73.1 Å². The second-order valence-corrected chi connectivity index (χ2v) is 6.13. The molecule has 0 radical (unpaired) electrons. The van der Waals surface area contributed by atoms with Crippen LogP contribution in [0.5, 0.6) is 0 Å². The van der Waals surface area contributed by atoms with Gasteiger partial charge in [0.15, 0.2) is 0 Å². The highest BCUT2D eigenvalue weighted by atomic mass is 15.1. The van der Waals surface area contributed by atoms with E-state index in [4.69, 9.17) is 25.7 Å². The van der Waals surface area contributed by atoms with Crippen molar-refractivity contribution in [2.45, 2.75) is 0 Å². The van der Waals surface area contributed by atoms with Crippen LogP contribution in [0.1, 0.15) is 11.1 Å². The molecule has 0 unspecified atom stereocenters. The van der Waals surface area contributed by atoms with Crippen LogP contribution in [0.15, 0.2) is 48.5 Å². The summed E-state index contributed by atoms with van der Waals surface area (Å²) in [7, 11) is 0. The minimum absolute atomic E-state index is 0.438. The van der Waals surface area contributed by atoms with Crippen molar-refractivity contribution in [2.75, 3.05) is 36.0 Å². The average molecular weight is 384 g/mol. The standard InChI is InChI=1S/C28H20N2/c1-5-19-29(20-6-2)27-17-11-15-25(23-27)13-9-10-14-26-16-12-18-28(24-26)30(21-7-3)22-8-4/h1-4,11-12,15-18,23-24H,19-22H2. The van der Waals surface area contributed by atoms with Gasteiger partial charge < -0.3 is 9.80 Å². The molecule has 2 nitrogen and oxygen atoms in total. The smallest absolute Gasteiger partial charge is 0.0801 e. The number of rotatable bonds is 6. The Bertz CT molecular complexity index is 1040. The first-order valence-electron chi connectivity index (χ1n) is 9.17. The maximum Gasteiger partial charge on any atom is 0.0801 e. The van der Waals surface area contributed by atoms with Gasteiger partial charge in [0.1, 0.15) is 0 Å². The van der Waals surface area contributed by atoms with Gasteiger partial charge in [-0.2, -0.15) is 0 Å². The molecule has 0 aliphatic rings. The molecule has 0 aromatic heterocycles. The quantitative estimate of drug-likeness (QED) is 0.706. The first-order chi connectivity index (χ1) is 14.7. The molecular formula is C28H20N2. The van der Waals surface area contributed by atoms with Crippen molar-refractivity contribution in [1.82, 2.24) is 0 Å². The highest BCUT2D eigenvalue weighted by molar-refractivity contribution is 5.57. The summed E-state index contributed by atoms with van der Waals surface area (Å²) in [6, 6.07) is 15.5. The van der Waals surface area contributed by atoms with E-state index in [1.165, 1.54) is 0 Å². The van der Waals surface area contributed by atoms with Crippen LogP contribution < -0.4 is 9.80 Å². The number of terminal acetylenes is 4. The third-order valence-electron chi connectivity index (χ3n) is 4.03. The predicted molar refractivity (Wildman–Crippen MR) is 126 cm³/mol. The zero-order chi connectivity index (χ0) is 21.6. The molecule has 2 aromatic carbocycles. The number of hydrogen-bond acceptors (Lipinski definition) is 2. The molecule has 0 aliphatic carbocycles. The van der Waals surface area contributed by atoms with Crippen LogP contribution in [0.3, 0.4) is 0 Å². The molecule has 0 bridgehead atoms. The summed E-state index contributed by atoms with van der Waals surface area (Å²) in [5.41, 5.74) is 3.54. The Morgan fingerprint density at radius 2 is 0.933 bits per heavy atom. The van der Waals surface area contributed by atoms with Gasteiger partial charge in [-0.3, -0.25) is 0 Å². The summed E-state index contributed by atoms with van der Waals surface area (Å²) < 4.78 is 0. The lowest BCUT2D eigenvalue weighted by atomic mass is 10.1. The second-order valence-electron chi connectivity index (χ2n) is 6.13. The lowest BCUT2D eigenvalue weighted by Gasteiger charge is -2.19. The van der Waals surface area contributed by atoms with Crippen LogP contribution in [0.4, 0.5) is 11.4 Å². The van der Waals surface area contributed by atoms with Crippen LogP contribution in [0, 0.1) is 73.1 Å². The van der Waals surface area contributed by atoms with Gasteiger partial charge in [-0.05, 0) is 48.2 Å². The van der Waals surface area contributed by atoms with Gasteiger partial charge in [-0.15, -0.1) is 25.7 Å². The minimum Gasteiger partial charge on any atom is -0.349 e. The van der Waals surface area contributed by atoms with Crippen molar-refractivity contribution in [1.29, 1.82) is 0 Å². The fourth-order valence-corrected chi connectivity index (χ4v) is 2.69. The van der Waals surface area contributed by atoms with Crippen LogP contribution in [0.2, 0.25) is 0 Å². The molecule has 0 atom stereocenters. The summed E-state index contributed by atoms with van der Waals surface area (Å²) in [5, 5.41) is 0. The molecule has 0 amide bonds. The van der Waals surface area contributed by atoms with Crippen LogP contribution in [-0.2, 0) is 0 Å². The number of benzene rings is 2. The molecule has 0 heterocycles. The maximum atomic E-state index is 5.42. The Hall–Kier alpha value is -4.60. The van der Waals surface area contributed by atoms with E-state index in [1.54, 1.807) is 0 Å². The molecule has 2 aromatic rings. The zero-order valence-corrected chi connectivity index (χ0v) is 16.7. The third kappa shape index (κ3) is 6.53. The summed E-state index contributed by atoms with van der Waals surface area (Å²) in [5.74, 6) is 22.4. The lowest BCUT2D eigenvalue weighted by Crippen LogP contribution is -2.23. The highest BCUT2D eigenvalue weighted by Crippen LogP contribution is 2.16. The molecular weight excluding hydrogens is 364 g/mol. The van der Waals surface area contributed by atoms with Gasteiger partial charge >= 0.3 is 0 Å². The fraction of sp³-hybridized carbons (Fsp3) is 0.143. The van der Waals surface area contributed by atoms with Gasteiger partial charge in [0.05, 0.1) is 26.2 Å². The van der Waals surface area contributed by atoms with Gasteiger partial charge in [-0.1, -0.05) is 47.7 Å². The van der Waals surface area contributed by atoms with Crippen molar-refractivity contribution in [3.05, 3.63) is 59.7 Å². The van der Waals surface area contributed by atoms with E-state index in [-0.39, 0.29) is 0 Å². The number of anilines is 2. The topological polar surface area (TPSA) is 6.48 Å². The van der Waals surface area contributed by atoms with E-state index in [0.717, 1.165) is 22.5 Å². The lowest BCUT2D eigenvalue weighted by molar-refractivity contribution is 0.986. The minimum atomic E-state index is 0.438. The molecule has 0 spiro atoms. The van der Waals surface area contributed by atoms with E-state index < -0.39 is 0 Å². The van der Waals surface area contributed by atoms with Crippen molar-refractivity contribution < 1.29 is 0 Å². The zero-order valence-electron chi connectivity index (χ0n) is 16.7. The fourth-order valence-electron chi connectivity index (χ4n) is 2.69. The molecule has 0 fully saturated rings. The first kappa shape index (κ1) is 21.7. The molecule has 0 aliphatic heterocycles. The molecule has 142 valence electrons. The first-order valence-corrected chi connectivity index (χ1v) is 9.17. The van der Waals surface area contributed by atoms with E-state index in [2.05, 4.69) is 47.4 Å². The van der Waals surface area contributed by atoms with Crippen molar-refractivity contribution >= 4 is 11.4 Å².